The summed E-state index contributed by atoms with van der Waals surface area (Å²) in [6.07, 6.45) is 0.251. The van der Waals surface area contributed by atoms with Gasteiger partial charge in [-0.15, -0.1) is 0 Å². The summed E-state index contributed by atoms with van der Waals surface area (Å²) in [5, 5.41) is 2.71. The molecule has 9 heteroatoms. The van der Waals surface area contributed by atoms with Crippen molar-refractivity contribution in [3.8, 4) is 11.5 Å². The number of carbonyl (C=O) groups excluding carboxylic acids is 3. The maximum atomic E-state index is 13.4. The molecule has 156 valence electrons. The number of carbonyl (C=O) groups is 3. The Kier molecular flexibility index (Phi) is 5.03. The second kappa shape index (κ2) is 7.66. The Bertz CT molecular complexity index is 1030. The lowest BCUT2D eigenvalue weighted by atomic mass is 9.84. The van der Waals surface area contributed by atoms with Gasteiger partial charge in [0.15, 0.2) is 5.54 Å². The van der Waals surface area contributed by atoms with Gasteiger partial charge in [-0.3, -0.25) is 14.5 Å². The summed E-state index contributed by atoms with van der Waals surface area (Å²) in [4.78, 5) is 38.8. The highest BCUT2D eigenvalue weighted by Crippen LogP contribution is 2.40. The molecule has 2 aliphatic heterocycles. The van der Waals surface area contributed by atoms with Crippen molar-refractivity contribution in [2.45, 2.75) is 18.6 Å². The van der Waals surface area contributed by atoms with E-state index >= 15 is 0 Å². The average Bonchev–Trinajstić information content (AvgIpc) is 2.97. The van der Waals surface area contributed by atoms with Crippen LogP contribution in [-0.4, -0.2) is 43.1 Å². The zero-order valence-corrected chi connectivity index (χ0v) is 16.1. The van der Waals surface area contributed by atoms with E-state index in [4.69, 9.17) is 14.2 Å². The molecule has 2 aliphatic rings. The molecule has 2 heterocycles. The molecule has 0 aromatic heterocycles. The highest BCUT2D eigenvalue weighted by atomic mass is 19.1. The third-order valence-electron chi connectivity index (χ3n) is 5.18. The largest absolute Gasteiger partial charge is 0.496 e. The number of halogens is 1. The minimum absolute atomic E-state index is 0.251. The number of amides is 3. The molecule has 0 saturated carbocycles. The van der Waals surface area contributed by atoms with Gasteiger partial charge in [0.25, 0.3) is 5.91 Å². The van der Waals surface area contributed by atoms with Crippen molar-refractivity contribution in [2.24, 2.45) is 0 Å². The number of nitrogens with zero attached hydrogens (tertiary/aromatic N) is 1. The van der Waals surface area contributed by atoms with E-state index in [9.17, 15) is 18.8 Å². The van der Waals surface area contributed by atoms with Gasteiger partial charge in [-0.25, -0.2) is 9.18 Å². The number of urea groups is 1. The summed E-state index contributed by atoms with van der Waals surface area (Å²) in [5.74, 6) is -0.973. The van der Waals surface area contributed by atoms with Crippen LogP contribution in [0.5, 0.6) is 11.5 Å². The zero-order valence-electron chi connectivity index (χ0n) is 16.1. The third-order valence-corrected chi connectivity index (χ3v) is 5.18. The van der Waals surface area contributed by atoms with Gasteiger partial charge in [-0.2, -0.15) is 0 Å². The van der Waals surface area contributed by atoms with Crippen LogP contribution in [0.15, 0.2) is 42.5 Å². The monoisotopic (exact) mass is 414 g/mol. The van der Waals surface area contributed by atoms with Crippen LogP contribution < -0.4 is 14.8 Å². The van der Waals surface area contributed by atoms with Crippen LogP contribution in [0.4, 0.5) is 9.18 Å². The number of hydrogen-bond acceptors (Lipinski definition) is 6. The molecule has 0 radical (unpaired) electrons. The number of benzene rings is 2. The Balaban J connectivity index is 1.47. The van der Waals surface area contributed by atoms with E-state index < -0.39 is 35.8 Å². The Morgan fingerprint density at radius 1 is 1.27 bits per heavy atom. The molecule has 1 N–H and O–H groups in total. The second-order valence-corrected chi connectivity index (χ2v) is 6.94. The highest BCUT2D eigenvalue weighted by Gasteiger charge is 2.55. The van der Waals surface area contributed by atoms with Crippen molar-refractivity contribution in [1.82, 2.24) is 10.2 Å². The Hall–Kier alpha value is -3.62. The molecule has 1 spiro atoms. The second-order valence-electron chi connectivity index (χ2n) is 6.94. The van der Waals surface area contributed by atoms with E-state index in [1.807, 2.05) is 0 Å². The number of fused-ring (bicyclic) bond motifs is 2. The Morgan fingerprint density at radius 2 is 2.07 bits per heavy atom. The minimum Gasteiger partial charge on any atom is -0.496 e. The molecular formula is C21H19FN2O6. The number of hydrogen-bond donors (Lipinski definition) is 1. The fourth-order valence-electron chi connectivity index (χ4n) is 3.71. The van der Waals surface area contributed by atoms with Crippen LogP contribution in [0, 0.1) is 5.82 Å². The summed E-state index contributed by atoms with van der Waals surface area (Å²) in [6, 6.07) is 10.1. The van der Waals surface area contributed by atoms with Crippen molar-refractivity contribution in [3.05, 3.63) is 59.4 Å². The fraction of sp³-hybridized carbons (Fsp3) is 0.286. The van der Waals surface area contributed by atoms with Crippen molar-refractivity contribution in [2.75, 3.05) is 20.3 Å². The van der Waals surface area contributed by atoms with E-state index in [1.54, 1.807) is 24.3 Å². The molecule has 1 saturated heterocycles. The van der Waals surface area contributed by atoms with Gasteiger partial charge in [0.05, 0.1) is 13.7 Å². The smallest absolute Gasteiger partial charge is 0.326 e. The SMILES string of the molecule is COc1ccc(F)cc1COC(=O)CN1C(=O)N[C@@]2(CCOc3ccccc32)C1=O. The lowest BCUT2D eigenvalue weighted by Gasteiger charge is -2.33. The molecule has 0 bridgehead atoms. The lowest BCUT2D eigenvalue weighted by Crippen LogP contribution is -2.47. The third kappa shape index (κ3) is 3.32. The first-order valence-electron chi connectivity index (χ1n) is 9.29. The fourth-order valence-corrected chi connectivity index (χ4v) is 3.71. The number of esters is 1. The normalized spacial score (nSPS) is 19.9. The van der Waals surface area contributed by atoms with Crippen LogP contribution in [0.3, 0.4) is 0 Å². The van der Waals surface area contributed by atoms with Gasteiger partial charge in [0.2, 0.25) is 0 Å². The highest BCUT2D eigenvalue weighted by molar-refractivity contribution is 6.09. The summed E-state index contributed by atoms with van der Waals surface area (Å²) in [6.45, 7) is -0.570. The van der Waals surface area contributed by atoms with Gasteiger partial charge in [0, 0.05) is 17.5 Å². The lowest BCUT2D eigenvalue weighted by molar-refractivity contribution is -0.149. The topological polar surface area (TPSA) is 94.2 Å². The van der Waals surface area contributed by atoms with Crippen LogP contribution >= 0.6 is 0 Å². The maximum Gasteiger partial charge on any atom is 0.326 e. The first kappa shape index (κ1) is 19.7. The van der Waals surface area contributed by atoms with E-state index in [1.165, 1.54) is 25.3 Å². The number of para-hydroxylation sites is 1. The molecule has 0 unspecified atom stereocenters. The molecule has 2 aromatic carbocycles. The molecule has 0 aliphatic carbocycles. The molecule has 30 heavy (non-hydrogen) atoms. The van der Waals surface area contributed by atoms with Gasteiger partial charge < -0.3 is 19.5 Å². The summed E-state index contributed by atoms with van der Waals surface area (Å²) >= 11 is 0. The zero-order chi connectivity index (χ0) is 21.3. The molecule has 1 fully saturated rings. The van der Waals surface area contributed by atoms with Gasteiger partial charge in [-0.1, -0.05) is 18.2 Å². The molecular weight excluding hydrogens is 395 g/mol. The van der Waals surface area contributed by atoms with Crippen LogP contribution in [0.1, 0.15) is 17.5 Å². The van der Waals surface area contributed by atoms with E-state index in [2.05, 4.69) is 5.32 Å². The number of methoxy groups -OCH3 is 1. The van der Waals surface area contributed by atoms with Gasteiger partial charge in [0.1, 0.15) is 30.5 Å². The first-order valence-corrected chi connectivity index (χ1v) is 9.29. The molecule has 3 amide bonds. The van der Waals surface area contributed by atoms with E-state index in [0.717, 1.165) is 4.90 Å². The number of imide groups is 1. The van der Waals surface area contributed by atoms with Gasteiger partial charge in [-0.05, 0) is 24.3 Å². The number of nitrogens with one attached hydrogen (secondary N) is 1. The summed E-state index contributed by atoms with van der Waals surface area (Å²) in [5.41, 5.74) is -0.384. The number of rotatable bonds is 5. The molecule has 8 nitrogen and oxygen atoms in total. The summed E-state index contributed by atoms with van der Waals surface area (Å²) in [7, 11) is 1.41. The quantitative estimate of drug-likeness (QED) is 0.595. The Morgan fingerprint density at radius 3 is 2.87 bits per heavy atom. The van der Waals surface area contributed by atoms with Crippen molar-refractivity contribution < 1.29 is 33.0 Å². The van der Waals surface area contributed by atoms with Crippen molar-refractivity contribution in [3.63, 3.8) is 0 Å². The van der Waals surface area contributed by atoms with Crippen LogP contribution in [0.2, 0.25) is 0 Å². The predicted molar refractivity (Wildman–Crippen MR) is 101 cm³/mol. The van der Waals surface area contributed by atoms with Gasteiger partial charge >= 0.3 is 12.0 Å². The Labute approximate surface area is 171 Å². The van der Waals surface area contributed by atoms with E-state index in [0.29, 0.717) is 22.6 Å². The predicted octanol–water partition coefficient (Wildman–Crippen LogP) is 2.11. The first-order chi connectivity index (χ1) is 14.4. The van der Waals surface area contributed by atoms with Crippen molar-refractivity contribution >= 4 is 17.9 Å². The minimum atomic E-state index is -1.27. The molecule has 1 atom stereocenters. The molecule has 2 aromatic rings. The van der Waals surface area contributed by atoms with Crippen LogP contribution in [0.25, 0.3) is 0 Å². The average molecular weight is 414 g/mol. The number of ether oxygens (including phenoxy) is 3. The van der Waals surface area contributed by atoms with Crippen LogP contribution in [-0.2, 0) is 26.5 Å². The maximum absolute atomic E-state index is 13.4. The standard InChI is InChI=1S/C21H19FN2O6/c1-28-16-7-6-14(22)10-13(16)12-30-18(25)11-24-19(26)21(23-20(24)27)8-9-29-17-5-3-2-4-15(17)21/h2-7,10H,8-9,11-12H2,1H3,(H,23,27)/t21-/m1/s1. The van der Waals surface area contributed by atoms with Crippen molar-refractivity contribution in [1.29, 1.82) is 0 Å². The molecule has 4 rings (SSSR count). The van der Waals surface area contributed by atoms with E-state index in [-0.39, 0.29) is 19.6 Å². The summed E-state index contributed by atoms with van der Waals surface area (Å²) < 4.78 is 29.3.